The predicted molar refractivity (Wildman–Crippen MR) is 70.7 cm³/mol. The topological polar surface area (TPSA) is 49.8 Å². The lowest BCUT2D eigenvalue weighted by molar-refractivity contribution is 1.18. The van der Waals surface area contributed by atoms with Crippen molar-refractivity contribution in [1.82, 2.24) is 0 Å². The summed E-state index contributed by atoms with van der Waals surface area (Å²) in [7, 11) is 0. The number of anilines is 1. The van der Waals surface area contributed by atoms with Gasteiger partial charge in [-0.15, -0.1) is 0 Å². The van der Waals surface area contributed by atoms with Crippen molar-refractivity contribution in [3.63, 3.8) is 0 Å². The Morgan fingerprint density at radius 2 is 1.65 bits per heavy atom. The molecular formula is C14H12N2S. The monoisotopic (exact) mass is 240 g/mol. The van der Waals surface area contributed by atoms with Crippen LogP contribution in [0.25, 0.3) is 0 Å². The van der Waals surface area contributed by atoms with E-state index in [0.29, 0.717) is 6.42 Å². The molecule has 84 valence electrons. The maximum absolute atomic E-state index is 8.78. The van der Waals surface area contributed by atoms with Crippen LogP contribution in [-0.4, -0.2) is 0 Å². The van der Waals surface area contributed by atoms with E-state index in [1.807, 2.05) is 48.5 Å². The highest BCUT2D eigenvalue weighted by Gasteiger charge is 2.05. The Bertz CT molecular complexity index is 558. The first-order valence-electron chi connectivity index (χ1n) is 5.28. The van der Waals surface area contributed by atoms with E-state index in [2.05, 4.69) is 6.07 Å². The molecule has 0 aromatic heterocycles. The fourth-order valence-electron chi connectivity index (χ4n) is 1.53. The van der Waals surface area contributed by atoms with Crippen LogP contribution in [-0.2, 0) is 6.42 Å². The molecule has 0 saturated carbocycles. The van der Waals surface area contributed by atoms with Gasteiger partial charge in [0.15, 0.2) is 0 Å². The first-order chi connectivity index (χ1) is 8.31. The quantitative estimate of drug-likeness (QED) is 0.835. The number of nitrogens with zero attached hydrogens (tertiary/aromatic N) is 1. The molecule has 2 aromatic carbocycles. The van der Waals surface area contributed by atoms with E-state index in [1.165, 1.54) is 0 Å². The number of benzene rings is 2. The van der Waals surface area contributed by atoms with Gasteiger partial charge in [-0.25, -0.2) is 0 Å². The van der Waals surface area contributed by atoms with Gasteiger partial charge in [-0.05, 0) is 23.8 Å². The highest BCUT2D eigenvalue weighted by Crippen LogP contribution is 2.33. The Labute approximate surface area is 105 Å². The van der Waals surface area contributed by atoms with Crippen molar-refractivity contribution in [2.24, 2.45) is 0 Å². The third-order valence-corrected chi connectivity index (χ3v) is 3.59. The second kappa shape index (κ2) is 5.42. The molecule has 2 N–H and O–H groups in total. The molecule has 17 heavy (non-hydrogen) atoms. The van der Waals surface area contributed by atoms with E-state index in [4.69, 9.17) is 11.0 Å². The average Bonchev–Trinajstić information content (AvgIpc) is 2.35. The van der Waals surface area contributed by atoms with Gasteiger partial charge in [-0.3, -0.25) is 0 Å². The molecule has 2 nitrogen and oxygen atoms in total. The molecule has 0 unspecified atom stereocenters. The van der Waals surface area contributed by atoms with Gasteiger partial charge in [0, 0.05) is 15.5 Å². The molecule has 0 heterocycles. The lowest BCUT2D eigenvalue weighted by Gasteiger charge is -2.08. The average molecular weight is 240 g/mol. The summed E-state index contributed by atoms with van der Waals surface area (Å²) in [6.07, 6.45) is 0.426. The summed E-state index contributed by atoms with van der Waals surface area (Å²) in [6.45, 7) is 0. The Balaban J connectivity index is 2.31. The summed E-state index contributed by atoms with van der Waals surface area (Å²) < 4.78 is 0. The molecule has 2 aromatic rings. The third-order valence-electron chi connectivity index (χ3n) is 2.38. The first-order valence-corrected chi connectivity index (χ1v) is 6.10. The third kappa shape index (κ3) is 2.80. The number of rotatable bonds is 3. The molecule has 2 rings (SSSR count). The van der Waals surface area contributed by atoms with Gasteiger partial charge < -0.3 is 5.73 Å². The van der Waals surface area contributed by atoms with Crippen LogP contribution in [0.2, 0.25) is 0 Å². The molecular weight excluding hydrogens is 228 g/mol. The zero-order valence-corrected chi connectivity index (χ0v) is 10.1. The highest BCUT2D eigenvalue weighted by atomic mass is 32.2. The van der Waals surface area contributed by atoms with E-state index < -0.39 is 0 Å². The number of nitrogen functional groups attached to an aromatic ring is 1. The van der Waals surface area contributed by atoms with Crippen molar-refractivity contribution in [1.29, 1.82) is 5.26 Å². The van der Waals surface area contributed by atoms with Crippen LogP contribution in [0.1, 0.15) is 5.56 Å². The molecule has 0 saturated heterocycles. The second-order valence-electron chi connectivity index (χ2n) is 3.58. The molecule has 0 amide bonds. The summed E-state index contributed by atoms with van der Waals surface area (Å²) in [5, 5.41) is 8.78. The van der Waals surface area contributed by atoms with Gasteiger partial charge >= 0.3 is 0 Å². The summed E-state index contributed by atoms with van der Waals surface area (Å²) in [4.78, 5) is 2.12. The largest absolute Gasteiger partial charge is 0.398 e. The van der Waals surface area contributed by atoms with Gasteiger partial charge in [0.05, 0.1) is 12.5 Å². The minimum Gasteiger partial charge on any atom is -0.398 e. The summed E-state index contributed by atoms with van der Waals surface area (Å²) in [5.74, 6) is 0. The zero-order valence-electron chi connectivity index (χ0n) is 9.26. The summed E-state index contributed by atoms with van der Waals surface area (Å²) in [5.41, 5.74) is 7.72. The lowest BCUT2D eigenvalue weighted by atomic mass is 10.2. The van der Waals surface area contributed by atoms with Crippen molar-refractivity contribution in [3.8, 4) is 6.07 Å². The van der Waals surface area contributed by atoms with Gasteiger partial charge in [0.2, 0.25) is 0 Å². The number of nitriles is 1. The maximum atomic E-state index is 8.78. The molecule has 0 spiro atoms. The molecule has 0 aliphatic carbocycles. The fraction of sp³-hybridized carbons (Fsp3) is 0.0714. The van der Waals surface area contributed by atoms with Crippen LogP contribution >= 0.6 is 11.8 Å². The van der Waals surface area contributed by atoms with E-state index in [1.54, 1.807) is 11.8 Å². The fourth-order valence-corrected chi connectivity index (χ4v) is 2.51. The van der Waals surface area contributed by atoms with Crippen LogP contribution in [0, 0.1) is 11.3 Å². The number of nitrogens with two attached hydrogens (primary N) is 1. The van der Waals surface area contributed by atoms with Crippen LogP contribution in [0.15, 0.2) is 58.3 Å². The molecule has 0 bridgehead atoms. The van der Waals surface area contributed by atoms with Crippen molar-refractivity contribution >= 4 is 17.4 Å². The summed E-state index contributed by atoms with van der Waals surface area (Å²) >= 11 is 1.60. The van der Waals surface area contributed by atoms with Crippen molar-refractivity contribution in [2.45, 2.75) is 16.2 Å². The minimum absolute atomic E-state index is 0.426. The number of para-hydroxylation sites is 1. The van der Waals surface area contributed by atoms with E-state index in [-0.39, 0.29) is 0 Å². The zero-order chi connectivity index (χ0) is 12.1. The van der Waals surface area contributed by atoms with Crippen LogP contribution in [0.4, 0.5) is 5.69 Å². The highest BCUT2D eigenvalue weighted by molar-refractivity contribution is 7.99. The van der Waals surface area contributed by atoms with Crippen LogP contribution in [0.5, 0.6) is 0 Å². The van der Waals surface area contributed by atoms with Crippen LogP contribution < -0.4 is 5.73 Å². The normalized spacial score (nSPS) is 9.82. The molecule has 0 aliphatic heterocycles. The lowest BCUT2D eigenvalue weighted by Crippen LogP contribution is -1.89. The number of hydrogen-bond donors (Lipinski definition) is 1. The molecule has 0 aliphatic rings. The Hall–Kier alpha value is -1.92. The second-order valence-corrected chi connectivity index (χ2v) is 4.67. The Morgan fingerprint density at radius 1 is 1.00 bits per heavy atom. The van der Waals surface area contributed by atoms with E-state index in [0.717, 1.165) is 21.0 Å². The SMILES string of the molecule is N#CCc1ccccc1Sc1ccccc1N. The van der Waals surface area contributed by atoms with Crippen molar-refractivity contribution in [3.05, 3.63) is 54.1 Å². The van der Waals surface area contributed by atoms with Gasteiger partial charge in [0.25, 0.3) is 0 Å². The Morgan fingerprint density at radius 3 is 2.35 bits per heavy atom. The minimum atomic E-state index is 0.426. The molecule has 0 fully saturated rings. The standard InChI is InChI=1S/C14H12N2S/c15-10-9-11-5-1-3-7-13(11)17-14-8-4-2-6-12(14)16/h1-8H,9,16H2. The van der Waals surface area contributed by atoms with Gasteiger partial charge in [0.1, 0.15) is 0 Å². The predicted octanol–water partition coefficient (Wildman–Crippen LogP) is 3.49. The molecule has 3 heteroatoms. The molecule has 0 radical (unpaired) electrons. The van der Waals surface area contributed by atoms with Gasteiger partial charge in [-0.1, -0.05) is 42.1 Å². The number of hydrogen-bond acceptors (Lipinski definition) is 3. The van der Waals surface area contributed by atoms with Crippen molar-refractivity contribution < 1.29 is 0 Å². The Kier molecular flexibility index (Phi) is 3.69. The van der Waals surface area contributed by atoms with Gasteiger partial charge in [-0.2, -0.15) is 5.26 Å². The smallest absolute Gasteiger partial charge is 0.0670 e. The van der Waals surface area contributed by atoms with Crippen LogP contribution in [0.3, 0.4) is 0 Å². The molecule has 0 atom stereocenters. The maximum Gasteiger partial charge on any atom is 0.0670 e. The van der Waals surface area contributed by atoms with E-state index >= 15 is 0 Å². The first kappa shape index (κ1) is 11.6. The van der Waals surface area contributed by atoms with E-state index in [9.17, 15) is 0 Å². The summed E-state index contributed by atoms with van der Waals surface area (Å²) in [6, 6.07) is 17.9. The van der Waals surface area contributed by atoms with Crippen molar-refractivity contribution in [2.75, 3.05) is 5.73 Å².